The third-order valence-corrected chi connectivity index (χ3v) is 7.25. The molecule has 0 spiro atoms. The van der Waals surface area contributed by atoms with Crippen molar-refractivity contribution in [1.82, 2.24) is 14.9 Å². The number of hydrogen-bond acceptors (Lipinski definition) is 4. The molecule has 7 nitrogen and oxygen atoms in total. The summed E-state index contributed by atoms with van der Waals surface area (Å²) >= 11 is 0. The van der Waals surface area contributed by atoms with Crippen molar-refractivity contribution in [3.8, 4) is 0 Å². The van der Waals surface area contributed by atoms with E-state index < -0.39 is 22.0 Å². The molecule has 2 aromatic rings. The zero-order valence-electron chi connectivity index (χ0n) is 16.5. The molecule has 2 aliphatic rings. The highest BCUT2D eigenvalue weighted by Crippen LogP contribution is 2.24. The first-order valence-corrected chi connectivity index (χ1v) is 11.2. The van der Waals surface area contributed by atoms with Crippen LogP contribution in [-0.4, -0.2) is 36.6 Å². The van der Waals surface area contributed by atoms with Gasteiger partial charge in [-0.25, -0.2) is 8.42 Å². The first kappa shape index (κ1) is 20.2. The highest BCUT2D eigenvalue weighted by atomic mass is 32.2. The topological polar surface area (TPSA) is 95.6 Å². The van der Waals surface area contributed by atoms with E-state index in [0.717, 1.165) is 22.7 Å². The fourth-order valence-corrected chi connectivity index (χ4v) is 5.34. The zero-order valence-corrected chi connectivity index (χ0v) is 17.4. The molecule has 2 N–H and O–H groups in total. The normalized spacial score (nSPS) is 18.8. The summed E-state index contributed by atoms with van der Waals surface area (Å²) in [6.07, 6.45) is 3.76. The van der Waals surface area contributed by atoms with Crippen molar-refractivity contribution >= 4 is 21.8 Å². The second-order valence-electron chi connectivity index (χ2n) is 7.63. The highest BCUT2D eigenvalue weighted by molar-refractivity contribution is 7.89. The number of fused-ring (bicyclic) bond motifs is 1. The van der Waals surface area contributed by atoms with Gasteiger partial charge in [-0.1, -0.05) is 42.0 Å². The Kier molecular flexibility index (Phi) is 5.34. The molecule has 1 aliphatic carbocycles. The molecule has 2 aromatic carbocycles. The monoisotopic (exact) mass is 425 g/mol. The molecule has 0 fully saturated rings. The fourth-order valence-electron chi connectivity index (χ4n) is 3.89. The summed E-state index contributed by atoms with van der Waals surface area (Å²) in [7, 11) is -3.97. The van der Waals surface area contributed by atoms with Crippen LogP contribution in [0.1, 0.15) is 23.1 Å². The van der Waals surface area contributed by atoms with E-state index in [1.165, 1.54) is 35.7 Å². The van der Waals surface area contributed by atoms with Gasteiger partial charge in [0, 0.05) is 18.4 Å². The lowest BCUT2D eigenvalue weighted by Gasteiger charge is -2.31. The average molecular weight is 426 g/mol. The maximum Gasteiger partial charge on any atom is 0.264 e. The number of amides is 2. The van der Waals surface area contributed by atoms with E-state index in [2.05, 4.69) is 10.6 Å². The van der Waals surface area contributed by atoms with Crippen LogP contribution in [0.15, 0.2) is 65.8 Å². The molecule has 1 aliphatic heterocycles. The lowest BCUT2D eigenvalue weighted by atomic mass is 10.1. The SMILES string of the molecule is Cc1ccc(S(=O)(=O)N2C=CNC(=O)[C@H]2CC(=O)NC2Cc3ccccc3C2)cc1. The standard InChI is InChI=1S/C22H23N3O4S/c1-15-6-8-19(9-7-15)30(28,29)25-11-10-23-22(27)20(25)14-21(26)24-18-12-16-4-2-3-5-17(16)13-18/h2-11,18,20H,12-14H2,1H3,(H,23,27)(H,24,26)/t20-/m1/s1. The summed E-state index contributed by atoms with van der Waals surface area (Å²) in [4.78, 5) is 25.2. The van der Waals surface area contributed by atoms with Crippen molar-refractivity contribution in [3.63, 3.8) is 0 Å². The molecule has 0 unspecified atom stereocenters. The van der Waals surface area contributed by atoms with Gasteiger partial charge in [0.15, 0.2) is 0 Å². The second-order valence-corrected chi connectivity index (χ2v) is 9.48. The molecule has 0 bridgehead atoms. The van der Waals surface area contributed by atoms with E-state index in [-0.39, 0.29) is 23.3 Å². The van der Waals surface area contributed by atoms with Gasteiger partial charge in [0.2, 0.25) is 11.8 Å². The summed E-state index contributed by atoms with van der Waals surface area (Å²) < 4.78 is 27.2. The molecular weight excluding hydrogens is 402 g/mol. The third-order valence-electron chi connectivity index (χ3n) is 5.45. The van der Waals surface area contributed by atoms with Gasteiger partial charge in [0.25, 0.3) is 10.0 Å². The number of sulfonamides is 1. The Morgan fingerprint density at radius 2 is 1.73 bits per heavy atom. The van der Waals surface area contributed by atoms with E-state index in [4.69, 9.17) is 0 Å². The summed E-state index contributed by atoms with van der Waals surface area (Å²) in [5.74, 6) is -0.884. The number of nitrogens with zero attached hydrogens (tertiary/aromatic N) is 1. The zero-order chi connectivity index (χ0) is 21.3. The predicted molar refractivity (Wildman–Crippen MR) is 112 cm³/mol. The number of benzene rings is 2. The van der Waals surface area contributed by atoms with E-state index in [1.54, 1.807) is 12.1 Å². The molecule has 8 heteroatoms. The minimum absolute atomic E-state index is 0.0563. The Balaban J connectivity index is 1.49. The minimum Gasteiger partial charge on any atom is -0.353 e. The predicted octanol–water partition coefficient (Wildman–Crippen LogP) is 1.63. The number of carbonyl (C=O) groups excluding carboxylic acids is 2. The molecule has 156 valence electrons. The van der Waals surface area contributed by atoms with Crippen molar-refractivity contribution in [2.75, 3.05) is 0 Å². The van der Waals surface area contributed by atoms with Crippen LogP contribution in [-0.2, 0) is 32.5 Å². The first-order chi connectivity index (χ1) is 14.3. The van der Waals surface area contributed by atoms with Crippen molar-refractivity contribution in [3.05, 3.63) is 77.6 Å². The highest BCUT2D eigenvalue weighted by Gasteiger charge is 2.37. The Labute approximate surface area is 175 Å². The first-order valence-electron chi connectivity index (χ1n) is 9.78. The van der Waals surface area contributed by atoms with Gasteiger partial charge < -0.3 is 10.6 Å². The Hall–Kier alpha value is -3.13. The molecule has 0 saturated heterocycles. The van der Waals surface area contributed by atoms with Crippen LogP contribution < -0.4 is 10.6 Å². The maximum atomic E-state index is 13.1. The summed E-state index contributed by atoms with van der Waals surface area (Å²) in [5.41, 5.74) is 3.32. The van der Waals surface area contributed by atoms with Crippen molar-refractivity contribution < 1.29 is 18.0 Å². The van der Waals surface area contributed by atoms with Gasteiger partial charge >= 0.3 is 0 Å². The van der Waals surface area contributed by atoms with E-state index >= 15 is 0 Å². The maximum absolute atomic E-state index is 13.1. The minimum atomic E-state index is -3.97. The van der Waals surface area contributed by atoms with Crippen LogP contribution in [0.4, 0.5) is 0 Å². The van der Waals surface area contributed by atoms with Crippen LogP contribution >= 0.6 is 0 Å². The van der Waals surface area contributed by atoms with Gasteiger partial charge in [0.1, 0.15) is 6.04 Å². The van der Waals surface area contributed by atoms with E-state index in [1.807, 2.05) is 31.2 Å². The number of carbonyl (C=O) groups is 2. The number of rotatable bonds is 5. The van der Waals surface area contributed by atoms with Crippen molar-refractivity contribution in [2.24, 2.45) is 0 Å². The largest absolute Gasteiger partial charge is 0.353 e. The second kappa shape index (κ2) is 7.95. The molecule has 1 atom stereocenters. The molecule has 1 heterocycles. The van der Waals surface area contributed by atoms with Crippen LogP contribution in [0, 0.1) is 6.92 Å². The van der Waals surface area contributed by atoms with E-state index in [0.29, 0.717) is 0 Å². The molecule has 4 rings (SSSR count). The Morgan fingerprint density at radius 3 is 2.37 bits per heavy atom. The lowest BCUT2D eigenvalue weighted by Crippen LogP contribution is -2.51. The Bertz CT molecular complexity index is 1080. The van der Waals surface area contributed by atoms with Gasteiger partial charge in [0.05, 0.1) is 11.3 Å². The lowest BCUT2D eigenvalue weighted by molar-refractivity contribution is -0.129. The van der Waals surface area contributed by atoms with Gasteiger partial charge in [-0.05, 0) is 43.0 Å². The van der Waals surface area contributed by atoms with Crippen LogP contribution in [0.25, 0.3) is 0 Å². The quantitative estimate of drug-likeness (QED) is 0.761. The molecule has 2 amide bonds. The van der Waals surface area contributed by atoms with Crippen molar-refractivity contribution in [1.29, 1.82) is 0 Å². The van der Waals surface area contributed by atoms with Crippen molar-refractivity contribution in [2.45, 2.75) is 43.2 Å². The molecule has 0 saturated carbocycles. The molecule has 30 heavy (non-hydrogen) atoms. The average Bonchev–Trinajstić information content (AvgIpc) is 3.12. The molecular formula is C22H23N3O4S. The Morgan fingerprint density at radius 1 is 1.10 bits per heavy atom. The summed E-state index contributed by atoms with van der Waals surface area (Å²) in [6.45, 7) is 1.86. The van der Waals surface area contributed by atoms with Gasteiger partial charge in [-0.3, -0.25) is 13.9 Å². The van der Waals surface area contributed by atoms with Gasteiger partial charge in [-0.2, -0.15) is 0 Å². The fraction of sp³-hybridized carbons (Fsp3) is 0.273. The number of nitrogens with one attached hydrogen (secondary N) is 2. The smallest absolute Gasteiger partial charge is 0.264 e. The van der Waals surface area contributed by atoms with Gasteiger partial charge in [-0.15, -0.1) is 0 Å². The molecule has 0 aromatic heterocycles. The van der Waals surface area contributed by atoms with E-state index in [9.17, 15) is 18.0 Å². The summed E-state index contributed by atoms with van der Waals surface area (Å²) in [5, 5.41) is 5.45. The van der Waals surface area contributed by atoms with Crippen LogP contribution in [0.2, 0.25) is 0 Å². The summed E-state index contributed by atoms with van der Waals surface area (Å²) in [6, 6.07) is 13.2. The third kappa shape index (κ3) is 3.95. The number of hydrogen-bond donors (Lipinski definition) is 2. The molecule has 0 radical (unpaired) electrons. The van der Waals surface area contributed by atoms with Crippen LogP contribution in [0.3, 0.4) is 0 Å². The number of aryl methyl sites for hydroxylation is 1. The van der Waals surface area contributed by atoms with Crippen LogP contribution in [0.5, 0.6) is 0 Å².